The van der Waals surface area contributed by atoms with Crippen LogP contribution in [0.5, 0.6) is 0 Å². The van der Waals surface area contributed by atoms with Crippen molar-refractivity contribution in [3.05, 3.63) is 41.5 Å². The highest BCUT2D eigenvalue weighted by atomic mass is 16.5. The highest BCUT2D eigenvalue weighted by molar-refractivity contribution is 5.99. The summed E-state index contributed by atoms with van der Waals surface area (Å²) in [6, 6.07) is 5.36. The first kappa shape index (κ1) is 16.8. The first-order valence-corrected chi connectivity index (χ1v) is 9.05. The zero-order valence-corrected chi connectivity index (χ0v) is 14.7. The fourth-order valence-electron chi connectivity index (χ4n) is 3.91. The highest BCUT2D eigenvalue weighted by Gasteiger charge is 2.45. The van der Waals surface area contributed by atoms with Crippen molar-refractivity contribution in [2.75, 3.05) is 25.0 Å². The van der Waals surface area contributed by atoms with Crippen LogP contribution in [-0.2, 0) is 14.3 Å². The molecule has 26 heavy (non-hydrogen) atoms. The van der Waals surface area contributed by atoms with Crippen molar-refractivity contribution in [2.24, 2.45) is 17.8 Å². The molecule has 6 heteroatoms. The first-order chi connectivity index (χ1) is 12.5. The van der Waals surface area contributed by atoms with Crippen LogP contribution in [0.4, 0.5) is 5.69 Å². The number of aryl methyl sites for hydroxylation is 1. The maximum atomic E-state index is 12.8. The van der Waals surface area contributed by atoms with Gasteiger partial charge in [0.2, 0.25) is 5.91 Å². The molecule has 1 aromatic rings. The van der Waals surface area contributed by atoms with E-state index in [4.69, 9.17) is 4.74 Å². The lowest BCUT2D eigenvalue weighted by molar-refractivity contribution is -0.141. The number of esters is 1. The van der Waals surface area contributed by atoms with Gasteiger partial charge in [0, 0.05) is 36.2 Å². The van der Waals surface area contributed by atoms with Crippen LogP contribution < -0.4 is 5.32 Å². The molecule has 2 atom stereocenters. The van der Waals surface area contributed by atoms with Gasteiger partial charge in [-0.15, -0.1) is 0 Å². The maximum absolute atomic E-state index is 12.8. The Bertz CT molecular complexity index is 793. The molecule has 2 aliphatic heterocycles. The van der Waals surface area contributed by atoms with Crippen LogP contribution in [0, 0.1) is 24.7 Å². The van der Waals surface area contributed by atoms with Crippen molar-refractivity contribution in [3.63, 3.8) is 0 Å². The Balaban J connectivity index is 1.48. The fraction of sp³-hybridized carbons (Fsp3) is 0.450. The number of likely N-dealkylation sites (tertiary alicyclic amines) is 1. The van der Waals surface area contributed by atoms with Gasteiger partial charge in [0.05, 0.1) is 12.5 Å². The number of anilines is 1. The molecule has 2 saturated heterocycles. The summed E-state index contributed by atoms with van der Waals surface area (Å²) in [5.74, 6) is -0.444. The van der Waals surface area contributed by atoms with Gasteiger partial charge in [-0.3, -0.25) is 14.4 Å². The number of ether oxygens (including phenoxy) is 1. The van der Waals surface area contributed by atoms with Crippen LogP contribution in [0.2, 0.25) is 0 Å². The number of hydrogen-bond donors (Lipinski definition) is 1. The Hall–Kier alpha value is -2.63. The molecule has 0 bridgehead atoms. The number of carbonyl (C=O) groups excluding carboxylic acids is 3. The van der Waals surface area contributed by atoms with E-state index in [-0.39, 0.29) is 35.5 Å². The van der Waals surface area contributed by atoms with E-state index in [9.17, 15) is 14.4 Å². The van der Waals surface area contributed by atoms with Crippen LogP contribution >= 0.6 is 0 Å². The topological polar surface area (TPSA) is 75.7 Å². The molecule has 2 heterocycles. The average Bonchev–Trinajstić information content (AvgIpc) is 3.35. The third-order valence-electron chi connectivity index (χ3n) is 5.59. The molecular formula is C20H22N2O4. The Labute approximate surface area is 152 Å². The molecule has 2 fully saturated rings. The zero-order chi connectivity index (χ0) is 18.3. The van der Waals surface area contributed by atoms with Gasteiger partial charge in [-0.25, -0.2) is 0 Å². The van der Waals surface area contributed by atoms with Crippen molar-refractivity contribution in [1.29, 1.82) is 0 Å². The third-order valence-corrected chi connectivity index (χ3v) is 5.59. The summed E-state index contributed by atoms with van der Waals surface area (Å²) in [6.07, 6.45) is 5.56. The Morgan fingerprint density at radius 2 is 1.96 bits per heavy atom. The van der Waals surface area contributed by atoms with Crippen molar-refractivity contribution in [2.45, 2.75) is 19.8 Å². The molecular weight excluding hydrogens is 332 g/mol. The predicted octanol–water partition coefficient (Wildman–Crippen LogP) is 2.14. The van der Waals surface area contributed by atoms with Gasteiger partial charge in [-0.2, -0.15) is 0 Å². The molecule has 6 nitrogen and oxygen atoms in total. The standard InChI is InChI=1S/C20H22N2O4/c1-12-6-7-14(8-17(12)21-18(23)13-4-2-3-5-13)19(24)22-9-15-11-26-20(25)16(15)10-22/h2-3,6-8,13,15-16H,4-5,9-11H2,1H3,(H,21,23)/t15-,16-/m1/s1. The summed E-state index contributed by atoms with van der Waals surface area (Å²) in [7, 11) is 0. The number of nitrogens with one attached hydrogen (secondary N) is 1. The van der Waals surface area contributed by atoms with E-state index in [1.165, 1.54) is 0 Å². The Kier molecular flexibility index (Phi) is 4.26. The van der Waals surface area contributed by atoms with Crippen LogP contribution in [0.25, 0.3) is 0 Å². The quantitative estimate of drug-likeness (QED) is 0.667. The molecule has 4 rings (SSSR count). The summed E-state index contributed by atoms with van der Waals surface area (Å²) in [4.78, 5) is 38.6. The van der Waals surface area contributed by atoms with Gasteiger partial charge in [0.1, 0.15) is 0 Å². The van der Waals surface area contributed by atoms with Crippen LogP contribution in [0.15, 0.2) is 30.4 Å². The smallest absolute Gasteiger partial charge is 0.311 e. The second-order valence-corrected chi connectivity index (χ2v) is 7.37. The maximum Gasteiger partial charge on any atom is 0.311 e. The van der Waals surface area contributed by atoms with Crippen molar-refractivity contribution in [1.82, 2.24) is 4.90 Å². The molecule has 136 valence electrons. The number of nitrogens with zero attached hydrogens (tertiary/aromatic N) is 1. The van der Waals surface area contributed by atoms with Gasteiger partial charge in [-0.1, -0.05) is 18.2 Å². The minimum atomic E-state index is -0.202. The Morgan fingerprint density at radius 3 is 2.69 bits per heavy atom. The van der Waals surface area contributed by atoms with Gasteiger partial charge in [0.15, 0.2) is 0 Å². The SMILES string of the molecule is Cc1ccc(C(=O)N2C[C@@H]3COC(=O)[C@@H]3C2)cc1NC(=O)C1CC=CC1. The normalized spacial score (nSPS) is 24.7. The van der Waals surface area contributed by atoms with Crippen molar-refractivity contribution >= 4 is 23.5 Å². The molecule has 3 aliphatic rings. The molecule has 1 aromatic carbocycles. The molecule has 0 spiro atoms. The van der Waals surface area contributed by atoms with E-state index >= 15 is 0 Å². The monoisotopic (exact) mass is 354 g/mol. The fourth-order valence-corrected chi connectivity index (χ4v) is 3.91. The molecule has 2 amide bonds. The average molecular weight is 354 g/mol. The van der Waals surface area contributed by atoms with Crippen molar-refractivity contribution < 1.29 is 19.1 Å². The zero-order valence-electron chi connectivity index (χ0n) is 14.7. The largest absolute Gasteiger partial charge is 0.465 e. The molecule has 0 aromatic heterocycles. The number of carbonyl (C=O) groups is 3. The number of fused-ring (bicyclic) bond motifs is 1. The summed E-state index contributed by atoms with van der Waals surface area (Å²) in [5.41, 5.74) is 2.12. The van der Waals surface area contributed by atoms with E-state index < -0.39 is 0 Å². The summed E-state index contributed by atoms with van der Waals surface area (Å²) in [6.45, 7) is 3.26. The number of hydrogen-bond acceptors (Lipinski definition) is 4. The predicted molar refractivity (Wildman–Crippen MR) is 95.5 cm³/mol. The summed E-state index contributed by atoms with van der Waals surface area (Å²) < 4.78 is 5.05. The molecule has 1 N–H and O–H groups in total. The first-order valence-electron chi connectivity index (χ1n) is 9.05. The number of cyclic esters (lactones) is 1. The number of rotatable bonds is 3. The number of amides is 2. The minimum absolute atomic E-state index is 0.0128. The third kappa shape index (κ3) is 3.00. The van der Waals surface area contributed by atoms with E-state index in [1.54, 1.807) is 17.0 Å². The summed E-state index contributed by atoms with van der Waals surface area (Å²) in [5, 5.41) is 2.96. The second-order valence-electron chi connectivity index (χ2n) is 7.37. The lowest BCUT2D eigenvalue weighted by Crippen LogP contribution is -2.31. The minimum Gasteiger partial charge on any atom is -0.465 e. The molecule has 1 aliphatic carbocycles. The Morgan fingerprint density at radius 1 is 1.19 bits per heavy atom. The molecule has 0 radical (unpaired) electrons. The summed E-state index contributed by atoms with van der Waals surface area (Å²) >= 11 is 0. The van der Waals surface area contributed by atoms with Gasteiger partial charge in [0.25, 0.3) is 5.91 Å². The van der Waals surface area contributed by atoms with Crippen LogP contribution in [0.3, 0.4) is 0 Å². The van der Waals surface area contributed by atoms with Crippen molar-refractivity contribution in [3.8, 4) is 0 Å². The second kappa shape index (κ2) is 6.59. The van der Waals surface area contributed by atoms with Crippen LogP contribution in [0.1, 0.15) is 28.8 Å². The lowest BCUT2D eigenvalue weighted by Gasteiger charge is -2.19. The molecule has 0 unspecified atom stereocenters. The van der Waals surface area contributed by atoms with E-state index in [0.717, 1.165) is 18.4 Å². The highest BCUT2D eigenvalue weighted by Crippen LogP contribution is 2.31. The van der Waals surface area contributed by atoms with Gasteiger partial charge < -0.3 is 15.0 Å². The van der Waals surface area contributed by atoms with E-state index in [2.05, 4.69) is 5.32 Å². The number of benzene rings is 1. The van der Waals surface area contributed by atoms with Crippen LogP contribution in [-0.4, -0.2) is 42.4 Å². The molecule has 0 saturated carbocycles. The van der Waals surface area contributed by atoms with E-state index in [1.807, 2.05) is 25.1 Å². The van der Waals surface area contributed by atoms with Gasteiger partial charge >= 0.3 is 5.97 Å². The van der Waals surface area contributed by atoms with E-state index in [0.29, 0.717) is 30.9 Å². The number of allylic oxidation sites excluding steroid dienone is 2. The lowest BCUT2D eigenvalue weighted by atomic mass is 10.0. The van der Waals surface area contributed by atoms with Gasteiger partial charge in [-0.05, 0) is 37.5 Å².